The smallest absolute Gasteiger partial charge is 0.778 e. The maximum atomic E-state index is 10.9. The molecule has 0 aliphatic heterocycles. The molecular formula is C7H7K4O9P. The van der Waals surface area contributed by atoms with Crippen molar-refractivity contribution in [1.29, 1.82) is 0 Å². The molecule has 0 spiro atoms. The minimum Gasteiger partial charge on any atom is -0.778 e. The molecule has 0 saturated carbocycles. The van der Waals surface area contributed by atoms with Crippen molar-refractivity contribution < 1.29 is 250 Å². The second-order valence-corrected chi connectivity index (χ2v) is 5.16. The van der Waals surface area contributed by atoms with Gasteiger partial charge in [-0.05, 0) is 12.8 Å². The average molecular weight is 422 g/mol. The van der Waals surface area contributed by atoms with E-state index < -0.39 is 49.9 Å². The molecule has 2 unspecified atom stereocenters. The van der Waals surface area contributed by atoms with Gasteiger partial charge in [-0.25, -0.2) is 0 Å². The van der Waals surface area contributed by atoms with Gasteiger partial charge in [-0.15, -0.1) is 0 Å². The molecule has 0 aromatic carbocycles. The Morgan fingerprint density at radius 1 is 0.952 bits per heavy atom. The summed E-state index contributed by atoms with van der Waals surface area (Å²) in [6.07, 6.45) is -3.88. The Bertz CT molecular complexity index is 398. The first-order chi connectivity index (χ1) is 7.53. The van der Waals surface area contributed by atoms with Gasteiger partial charge < -0.3 is 44.1 Å². The maximum absolute atomic E-state index is 10.9. The molecule has 1 N–H and O–H groups in total. The summed E-state index contributed by atoms with van der Waals surface area (Å²) >= 11 is 0. The Kier molecular flexibility index (Phi) is 30.3. The number of hydrogen-bond acceptors (Lipinski definition) is 8. The Balaban J connectivity index is -0.000000213. The van der Waals surface area contributed by atoms with Gasteiger partial charge in [-0.1, -0.05) is 0 Å². The van der Waals surface area contributed by atoms with Crippen LogP contribution in [0.1, 0.15) is 19.3 Å². The van der Waals surface area contributed by atoms with Gasteiger partial charge in [0, 0.05) is 18.4 Å². The van der Waals surface area contributed by atoms with Gasteiger partial charge in [-0.2, -0.15) is 0 Å². The van der Waals surface area contributed by atoms with Crippen molar-refractivity contribution in [1.82, 2.24) is 0 Å². The van der Waals surface area contributed by atoms with E-state index in [0.29, 0.717) is 0 Å². The topological polar surface area (TPSA) is 181 Å². The normalized spacial score (nSPS) is 14.4. The molecule has 0 bridgehead atoms. The summed E-state index contributed by atoms with van der Waals surface area (Å²) in [6, 6.07) is 0. The first kappa shape index (κ1) is 36.9. The van der Waals surface area contributed by atoms with Gasteiger partial charge in [0.2, 0.25) is 0 Å². The van der Waals surface area contributed by atoms with E-state index in [1.807, 2.05) is 0 Å². The molecule has 0 aromatic heterocycles. The molecule has 14 heteroatoms. The second-order valence-electron chi connectivity index (χ2n) is 3.26. The fourth-order valence-corrected chi connectivity index (χ4v) is 2.12. The Labute approximate surface area is 291 Å². The largest absolute Gasteiger partial charge is 1.00 e. The van der Waals surface area contributed by atoms with E-state index in [4.69, 9.17) is 4.89 Å². The van der Waals surface area contributed by atoms with Crippen LogP contribution in [0.15, 0.2) is 0 Å². The predicted octanol–water partition coefficient (Wildman–Crippen LogP) is -17.3. The molecule has 0 rings (SSSR count). The van der Waals surface area contributed by atoms with Crippen LogP contribution >= 0.6 is 7.60 Å². The van der Waals surface area contributed by atoms with Crippen molar-refractivity contribution in [2.24, 2.45) is 0 Å². The van der Waals surface area contributed by atoms with Gasteiger partial charge >= 0.3 is 206 Å². The van der Waals surface area contributed by atoms with Crippen LogP contribution in [0.3, 0.4) is 0 Å². The van der Waals surface area contributed by atoms with Crippen molar-refractivity contribution >= 4 is 25.5 Å². The van der Waals surface area contributed by atoms with E-state index in [2.05, 4.69) is 0 Å². The third kappa shape index (κ3) is 13.9. The van der Waals surface area contributed by atoms with Gasteiger partial charge in [0.15, 0.2) is 0 Å². The molecule has 21 heavy (non-hydrogen) atoms. The Morgan fingerprint density at radius 3 is 1.52 bits per heavy atom. The van der Waals surface area contributed by atoms with Crippen molar-refractivity contribution in [3.05, 3.63) is 0 Å². The Morgan fingerprint density at radius 2 is 1.33 bits per heavy atom. The molecule has 9 nitrogen and oxygen atoms in total. The number of carbonyl (C=O) groups is 3. The van der Waals surface area contributed by atoms with Crippen LogP contribution in [-0.4, -0.2) is 28.0 Å². The zero-order valence-electron chi connectivity index (χ0n) is 12.3. The average Bonchev–Trinajstić information content (AvgIpc) is 2.08. The molecule has 0 saturated heterocycles. The van der Waals surface area contributed by atoms with Gasteiger partial charge in [0.25, 0.3) is 0 Å². The number of aliphatic carboxylic acids is 3. The molecule has 98 valence electrons. The summed E-state index contributed by atoms with van der Waals surface area (Å²) in [5.74, 6) is -6.30. The number of carbonyl (C=O) groups excluding carboxylic acids is 3. The third-order valence-electron chi connectivity index (χ3n) is 2.10. The first-order valence-corrected chi connectivity index (χ1v) is 5.76. The van der Waals surface area contributed by atoms with Crippen LogP contribution in [0.2, 0.25) is 0 Å². The summed E-state index contributed by atoms with van der Waals surface area (Å²) in [6.45, 7) is 0. The van der Waals surface area contributed by atoms with Crippen LogP contribution in [0, 0.1) is 0 Å². The first-order valence-electron chi connectivity index (χ1n) is 4.18. The van der Waals surface area contributed by atoms with E-state index in [9.17, 15) is 39.2 Å². The monoisotopic (exact) mass is 422 g/mol. The molecule has 0 heterocycles. The molecule has 0 aromatic rings. The summed E-state index contributed by atoms with van der Waals surface area (Å²) in [5.41, 5.74) is 0. The van der Waals surface area contributed by atoms with E-state index in [1.165, 1.54) is 0 Å². The van der Waals surface area contributed by atoms with E-state index >= 15 is 0 Å². The zero-order chi connectivity index (χ0) is 13.9. The van der Waals surface area contributed by atoms with E-state index in [-0.39, 0.29) is 206 Å². The number of rotatable bonds is 7. The van der Waals surface area contributed by atoms with Crippen LogP contribution in [0.5, 0.6) is 0 Å². The van der Waals surface area contributed by atoms with Gasteiger partial charge in [0.05, 0.1) is 11.1 Å². The van der Waals surface area contributed by atoms with Gasteiger partial charge in [-0.3, -0.25) is 0 Å². The maximum Gasteiger partial charge on any atom is 1.00 e. The van der Waals surface area contributed by atoms with Crippen LogP contribution in [-0.2, 0) is 18.9 Å². The van der Waals surface area contributed by atoms with Crippen molar-refractivity contribution in [3.8, 4) is 0 Å². The number of hydrogen-bond donors (Lipinski definition) is 1. The number of carboxylic acid groups (broad SMARTS) is 3. The third-order valence-corrected chi connectivity index (χ3v) is 3.75. The SMILES string of the molecule is O=C([O-])CCC(CC(=O)[O-])(C(=O)[O-])P(=O)([O-])O.[K+].[K+].[K+].[K+]. The quantitative estimate of drug-likeness (QED) is 0.308. The Hall–Kier alpha value is 5.11. The fourth-order valence-electron chi connectivity index (χ4n) is 1.17. The fraction of sp³-hybridized carbons (Fsp3) is 0.571. The van der Waals surface area contributed by atoms with Crippen molar-refractivity contribution in [2.75, 3.05) is 0 Å². The minimum absolute atomic E-state index is 0. The van der Waals surface area contributed by atoms with Crippen LogP contribution in [0.4, 0.5) is 0 Å². The van der Waals surface area contributed by atoms with Crippen molar-refractivity contribution in [3.63, 3.8) is 0 Å². The summed E-state index contributed by atoms with van der Waals surface area (Å²) in [4.78, 5) is 50.7. The zero-order valence-corrected chi connectivity index (χ0v) is 25.7. The molecule has 0 amide bonds. The molecule has 0 fully saturated rings. The minimum atomic E-state index is -5.70. The van der Waals surface area contributed by atoms with Gasteiger partial charge in [0.1, 0.15) is 7.60 Å². The summed E-state index contributed by atoms with van der Waals surface area (Å²) < 4.78 is 10.9. The van der Waals surface area contributed by atoms with E-state index in [0.717, 1.165) is 0 Å². The van der Waals surface area contributed by atoms with Crippen LogP contribution in [0.25, 0.3) is 0 Å². The van der Waals surface area contributed by atoms with Crippen LogP contribution < -0.4 is 226 Å². The molecular weight excluding hydrogens is 415 g/mol. The molecule has 0 aliphatic rings. The molecule has 0 radical (unpaired) electrons. The molecule has 2 atom stereocenters. The molecule has 0 aliphatic carbocycles. The predicted molar refractivity (Wildman–Crippen MR) is 41.4 cm³/mol. The standard InChI is InChI=1S/C7H11O9P.4K/c8-4(9)1-2-7(6(12)13,3-5(10)11)17(14,15)16;;;;/h1-3H2,(H,8,9)(H,10,11)(H,12,13)(H2,14,15,16);;;;/q;4*+1/p-4. The summed E-state index contributed by atoms with van der Waals surface area (Å²) in [7, 11) is -5.70. The second kappa shape index (κ2) is 17.2. The number of carboxylic acids is 3. The van der Waals surface area contributed by atoms with E-state index in [1.54, 1.807) is 0 Å². The van der Waals surface area contributed by atoms with Crippen molar-refractivity contribution in [2.45, 2.75) is 24.4 Å². The summed E-state index contributed by atoms with van der Waals surface area (Å²) in [5, 5.41) is 27.8.